The molecule has 1 aromatic carbocycles. The van der Waals surface area contributed by atoms with Gasteiger partial charge in [0, 0.05) is 55.4 Å². The van der Waals surface area contributed by atoms with Crippen molar-refractivity contribution in [3.05, 3.63) is 47.7 Å². The third-order valence-corrected chi connectivity index (χ3v) is 9.04. The Labute approximate surface area is 230 Å². The summed E-state index contributed by atoms with van der Waals surface area (Å²) in [5.41, 5.74) is 2.22. The van der Waals surface area contributed by atoms with Crippen molar-refractivity contribution in [2.24, 2.45) is 0 Å². The maximum Gasteiger partial charge on any atom is 0.229 e. The fourth-order valence-electron chi connectivity index (χ4n) is 4.19. The van der Waals surface area contributed by atoms with Gasteiger partial charge >= 0.3 is 0 Å². The minimum Gasteiger partial charge on any atom is -0.494 e. The van der Waals surface area contributed by atoms with Crippen LogP contribution >= 0.6 is 22.2 Å². The number of aromatic nitrogens is 3. The van der Waals surface area contributed by atoms with Crippen molar-refractivity contribution >= 4 is 51.0 Å². The lowest BCUT2D eigenvalue weighted by molar-refractivity contribution is 0.209. The Balaban J connectivity index is 1.54. The van der Waals surface area contributed by atoms with Crippen LogP contribution in [0, 0.1) is 0 Å². The van der Waals surface area contributed by atoms with Gasteiger partial charge in [-0.05, 0) is 52.0 Å². The van der Waals surface area contributed by atoms with Crippen molar-refractivity contribution in [1.29, 1.82) is 0 Å². The number of ether oxygens (including phenoxy) is 1. The average Bonchev–Trinajstić information content (AvgIpc) is 2.91. The summed E-state index contributed by atoms with van der Waals surface area (Å²) in [5, 5.41) is 6.32. The second-order valence-electron chi connectivity index (χ2n) is 9.64. The normalized spacial score (nSPS) is 15.2. The van der Waals surface area contributed by atoms with E-state index in [2.05, 4.69) is 55.3 Å². The predicted molar refractivity (Wildman–Crippen MR) is 156 cm³/mol. The zero-order chi connectivity index (χ0) is 27.4. The van der Waals surface area contributed by atoms with Crippen molar-refractivity contribution in [2.45, 2.75) is 44.0 Å². The highest BCUT2D eigenvalue weighted by Crippen LogP contribution is 2.54. The number of halogens is 1. The van der Waals surface area contributed by atoms with E-state index in [1.165, 1.54) is 12.4 Å². The lowest BCUT2D eigenvalue weighted by Crippen LogP contribution is -2.48. The predicted octanol–water partition coefficient (Wildman–Crippen LogP) is 6.07. The van der Waals surface area contributed by atoms with Gasteiger partial charge in [0.05, 0.1) is 24.7 Å². The SMILES string of the molecule is COc1cc(N2CCN(C(C)C)CC2)ccc1Nc1ncc(Cl)c(Nc2cccnc2S(O)(O)C(C)C)n1. The van der Waals surface area contributed by atoms with E-state index in [0.717, 1.165) is 31.9 Å². The second-order valence-corrected chi connectivity index (χ2v) is 12.6. The molecule has 1 saturated heterocycles. The van der Waals surface area contributed by atoms with E-state index in [-0.39, 0.29) is 10.0 Å². The van der Waals surface area contributed by atoms with Crippen LogP contribution in [-0.2, 0) is 0 Å². The molecule has 1 aliphatic heterocycles. The van der Waals surface area contributed by atoms with Crippen LogP contribution in [0.25, 0.3) is 0 Å². The lowest BCUT2D eigenvalue weighted by atomic mass is 10.2. The monoisotopic (exact) mass is 561 g/mol. The molecule has 3 aromatic rings. The van der Waals surface area contributed by atoms with Crippen LogP contribution < -0.4 is 20.3 Å². The molecule has 0 bridgehead atoms. The molecule has 3 heterocycles. The van der Waals surface area contributed by atoms with E-state index in [4.69, 9.17) is 16.3 Å². The number of pyridine rings is 1. The number of rotatable bonds is 9. The molecule has 4 N–H and O–H groups in total. The van der Waals surface area contributed by atoms with Crippen molar-refractivity contribution in [3.8, 4) is 5.75 Å². The van der Waals surface area contributed by atoms with Crippen molar-refractivity contribution in [1.82, 2.24) is 19.9 Å². The van der Waals surface area contributed by atoms with E-state index >= 15 is 0 Å². The van der Waals surface area contributed by atoms with Gasteiger partial charge in [-0.3, -0.25) is 14.0 Å². The van der Waals surface area contributed by atoms with E-state index in [1.54, 1.807) is 33.1 Å². The first-order chi connectivity index (χ1) is 18.1. The van der Waals surface area contributed by atoms with E-state index in [9.17, 15) is 9.11 Å². The van der Waals surface area contributed by atoms with Crippen LogP contribution in [0.2, 0.25) is 5.02 Å². The molecule has 10 nitrogen and oxygen atoms in total. The maximum absolute atomic E-state index is 10.7. The largest absolute Gasteiger partial charge is 0.494 e. The van der Waals surface area contributed by atoms with Gasteiger partial charge in [-0.25, -0.2) is 9.97 Å². The average molecular weight is 562 g/mol. The Kier molecular flexibility index (Phi) is 8.84. The number of methoxy groups -OCH3 is 1. The summed E-state index contributed by atoms with van der Waals surface area (Å²) in [6.07, 6.45) is 3.00. The Morgan fingerprint density at radius 1 is 1.00 bits per heavy atom. The maximum atomic E-state index is 10.7. The molecule has 0 aliphatic carbocycles. The molecule has 2 aromatic heterocycles. The molecule has 4 rings (SSSR count). The van der Waals surface area contributed by atoms with Crippen LogP contribution in [0.3, 0.4) is 0 Å². The number of hydrogen-bond acceptors (Lipinski definition) is 10. The van der Waals surface area contributed by atoms with E-state index < -0.39 is 15.8 Å². The third kappa shape index (κ3) is 6.24. The van der Waals surface area contributed by atoms with E-state index in [1.807, 2.05) is 12.1 Å². The summed E-state index contributed by atoms with van der Waals surface area (Å²) in [5.74, 6) is 1.27. The molecule has 0 saturated carbocycles. The summed E-state index contributed by atoms with van der Waals surface area (Å²) in [4.78, 5) is 17.9. The molecule has 1 aliphatic rings. The first-order valence-corrected chi connectivity index (χ1v) is 14.5. The fourth-order valence-corrected chi connectivity index (χ4v) is 5.43. The Hall–Kier alpha value is -2.83. The molecule has 0 unspecified atom stereocenters. The molecule has 206 valence electrons. The van der Waals surface area contributed by atoms with Gasteiger partial charge in [-0.1, -0.05) is 11.6 Å². The number of piperazine rings is 1. The minimum absolute atomic E-state index is 0.158. The number of nitrogens with zero attached hydrogens (tertiary/aromatic N) is 5. The highest BCUT2D eigenvalue weighted by molar-refractivity contribution is 8.24. The first-order valence-electron chi connectivity index (χ1n) is 12.6. The fraction of sp³-hybridized carbons (Fsp3) is 0.423. The van der Waals surface area contributed by atoms with Crippen LogP contribution in [0.15, 0.2) is 47.8 Å². The van der Waals surface area contributed by atoms with Gasteiger partial charge < -0.3 is 20.3 Å². The summed E-state index contributed by atoms with van der Waals surface area (Å²) in [7, 11) is -1.50. The number of nitrogens with one attached hydrogen (secondary N) is 2. The lowest BCUT2D eigenvalue weighted by Gasteiger charge is -2.38. The van der Waals surface area contributed by atoms with Crippen LogP contribution in [0.4, 0.5) is 28.8 Å². The smallest absolute Gasteiger partial charge is 0.229 e. The quantitative estimate of drug-likeness (QED) is 0.245. The molecular formula is C26H36ClN7O3S. The number of benzene rings is 1. The zero-order valence-electron chi connectivity index (χ0n) is 22.3. The Morgan fingerprint density at radius 2 is 1.74 bits per heavy atom. The highest BCUT2D eigenvalue weighted by Gasteiger charge is 2.26. The van der Waals surface area contributed by atoms with Crippen LogP contribution in [0.1, 0.15) is 27.7 Å². The second kappa shape index (κ2) is 11.9. The first kappa shape index (κ1) is 28.2. The molecular weight excluding hydrogens is 526 g/mol. The Bertz CT molecular complexity index is 1250. The molecule has 0 amide bonds. The standard InChI is InChI=1S/C26H36ClN7O3S/c1-17(2)33-11-13-34(14-12-33)19-8-9-21(23(15-19)37-5)31-26-29-16-20(27)24(32-26)30-22-7-6-10-28-25(22)38(35,36)18(3)4/h6-10,15-18,35-36H,11-14H2,1-5H3,(H2,29,30,31,32). The van der Waals surface area contributed by atoms with Gasteiger partial charge in [-0.2, -0.15) is 4.98 Å². The third-order valence-electron chi connectivity index (χ3n) is 6.55. The Morgan fingerprint density at radius 3 is 2.39 bits per heavy atom. The van der Waals surface area contributed by atoms with Crippen LogP contribution in [-0.4, -0.2) is 73.5 Å². The topological polar surface area (TPSA) is 119 Å². The van der Waals surface area contributed by atoms with Crippen molar-refractivity contribution < 1.29 is 13.8 Å². The summed E-state index contributed by atoms with van der Waals surface area (Å²) in [6.45, 7) is 11.9. The van der Waals surface area contributed by atoms with Crippen molar-refractivity contribution in [3.63, 3.8) is 0 Å². The molecule has 0 radical (unpaired) electrons. The van der Waals surface area contributed by atoms with Gasteiger partial charge in [0.15, 0.2) is 10.8 Å². The van der Waals surface area contributed by atoms with Gasteiger partial charge in [0.2, 0.25) is 5.95 Å². The van der Waals surface area contributed by atoms with Gasteiger partial charge in [0.1, 0.15) is 10.8 Å². The molecule has 38 heavy (non-hydrogen) atoms. The summed E-state index contributed by atoms with van der Waals surface area (Å²) < 4.78 is 27.1. The van der Waals surface area contributed by atoms with Crippen molar-refractivity contribution in [2.75, 3.05) is 48.8 Å². The molecule has 12 heteroatoms. The van der Waals surface area contributed by atoms with Gasteiger partial charge in [-0.15, -0.1) is 10.6 Å². The number of hydrogen-bond donors (Lipinski definition) is 4. The molecule has 0 spiro atoms. The zero-order valence-corrected chi connectivity index (χ0v) is 23.9. The summed E-state index contributed by atoms with van der Waals surface area (Å²) in [6, 6.07) is 9.97. The van der Waals surface area contributed by atoms with E-state index in [0.29, 0.717) is 34.9 Å². The highest BCUT2D eigenvalue weighted by atomic mass is 35.5. The molecule has 0 atom stereocenters. The molecule has 1 fully saturated rings. The summed E-state index contributed by atoms with van der Waals surface area (Å²) >= 11 is 6.39. The minimum atomic E-state index is -3.13. The van der Waals surface area contributed by atoms with Crippen LogP contribution in [0.5, 0.6) is 5.75 Å². The van der Waals surface area contributed by atoms with Gasteiger partial charge in [0.25, 0.3) is 0 Å². The number of anilines is 5.